The second-order valence-corrected chi connectivity index (χ2v) is 11.0. The molecule has 9 rings (SSSR count). The second-order valence-electron chi connectivity index (χ2n) is 11.0. The molecule has 4 aromatic carbocycles. The van der Waals surface area contributed by atoms with Gasteiger partial charge in [-0.2, -0.15) is 0 Å². The maximum Gasteiger partial charge on any atom is 0.164 e. The summed E-state index contributed by atoms with van der Waals surface area (Å²) in [4.78, 5) is 23.0. The molecule has 0 saturated carbocycles. The Morgan fingerprint density at radius 2 is 1.11 bits per heavy atom. The predicted molar refractivity (Wildman–Crippen MR) is 181 cm³/mol. The summed E-state index contributed by atoms with van der Waals surface area (Å²) in [5.41, 5.74) is 7.68. The van der Waals surface area contributed by atoms with Crippen molar-refractivity contribution >= 4 is 32.8 Å². The van der Waals surface area contributed by atoms with Crippen molar-refractivity contribution in [1.82, 2.24) is 29.5 Å². The third-order valence-corrected chi connectivity index (χ3v) is 8.25. The Kier molecular flexibility index (Phi) is 5.99. The average molecular weight is 593 g/mol. The molecule has 0 aliphatic carbocycles. The van der Waals surface area contributed by atoms with E-state index in [0.717, 1.165) is 66.5 Å². The molecule has 0 aliphatic heterocycles. The van der Waals surface area contributed by atoms with Crippen molar-refractivity contribution in [2.24, 2.45) is 0 Å². The summed E-state index contributed by atoms with van der Waals surface area (Å²) in [5, 5.41) is 3.28. The Bertz CT molecular complexity index is 2460. The van der Waals surface area contributed by atoms with E-state index in [-0.39, 0.29) is 0 Å². The fourth-order valence-electron chi connectivity index (χ4n) is 6.12. The van der Waals surface area contributed by atoms with E-state index in [9.17, 15) is 0 Å². The summed E-state index contributed by atoms with van der Waals surface area (Å²) < 4.78 is 8.86. The highest BCUT2D eigenvalue weighted by Gasteiger charge is 2.19. The van der Waals surface area contributed by atoms with E-state index in [4.69, 9.17) is 19.4 Å². The van der Waals surface area contributed by atoms with Crippen molar-refractivity contribution < 1.29 is 4.42 Å². The summed E-state index contributed by atoms with van der Waals surface area (Å²) in [5.74, 6) is 2.59. The largest absolute Gasteiger partial charge is 0.455 e. The van der Waals surface area contributed by atoms with Gasteiger partial charge in [0.15, 0.2) is 17.5 Å². The first kappa shape index (κ1) is 26.0. The van der Waals surface area contributed by atoms with Crippen LogP contribution >= 0.6 is 0 Å². The Hall–Kier alpha value is -6.47. The zero-order chi connectivity index (χ0) is 30.5. The molecule has 5 aromatic heterocycles. The van der Waals surface area contributed by atoms with E-state index < -0.39 is 0 Å². The van der Waals surface area contributed by atoms with Gasteiger partial charge in [-0.15, -0.1) is 0 Å². The molecule has 0 aliphatic rings. The molecule has 0 N–H and O–H groups in total. The number of furan rings is 1. The van der Waals surface area contributed by atoms with Crippen LogP contribution in [0.4, 0.5) is 0 Å². The smallest absolute Gasteiger partial charge is 0.164 e. The molecule has 0 radical (unpaired) electrons. The van der Waals surface area contributed by atoms with Gasteiger partial charge in [-0.3, -0.25) is 9.97 Å². The third-order valence-electron chi connectivity index (χ3n) is 8.25. The van der Waals surface area contributed by atoms with E-state index >= 15 is 0 Å². The number of hydrogen-bond donors (Lipinski definition) is 0. The van der Waals surface area contributed by atoms with Crippen LogP contribution in [0.3, 0.4) is 0 Å². The molecular formula is C39H24N6O. The SMILES string of the molecule is c1ccc(-c2cc3ccc4c(c5ccccc5n4-c4cccc(-c5nc(-c6ccncc6)nc(-c6ccncc6)n5)c4)c3o2)cc1. The standard InChI is InChI=1S/C39H24N6O/c1-2-7-25(8-3-1)34-24-28-13-14-33-35(36(28)46-34)31-11-4-5-12-32(31)45(33)30-10-6-9-29(23-30)39-43-37(26-15-19-40-20-16-26)42-38(44-39)27-17-21-41-22-18-27/h1-24H. The van der Waals surface area contributed by atoms with Crippen molar-refractivity contribution in [2.45, 2.75) is 0 Å². The van der Waals surface area contributed by atoms with Gasteiger partial charge >= 0.3 is 0 Å². The number of pyridine rings is 2. The van der Waals surface area contributed by atoms with E-state index in [1.54, 1.807) is 24.8 Å². The number of rotatable bonds is 5. The number of fused-ring (bicyclic) bond motifs is 5. The Morgan fingerprint density at radius 3 is 1.83 bits per heavy atom. The minimum Gasteiger partial charge on any atom is -0.455 e. The van der Waals surface area contributed by atoms with Gasteiger partial charge in [0.2, 0.25) is 0 Å². The van der Waals surface area contributed by atoms with Crippen LogP contribution in [0.15, 0.2) is 151 Å². The molecule has 0 saturated heterocycles. The molecule has 0 fully saturated rings. The highest BCUT2D eigenvalue weighted by atomic mass is 16.3. The van der Waals surface area contributed by atoms with E-state index in [1.807, 2.05) is 54.6 Å². The molecule has 0 amide bonds. The fourth-order valence-corrected chi connectivity index (χ4v) is 6.12. The van der Waals surface area contributed by atoms with Crippen LogP contribution in [-0.4, -0.2) is 29.5 Å². The number of nitrogens with zero attached hydrogens (tertiary/aromatic N) is 6. The first-order valence-corrected chi connectivity index (χ1v) is 15.0. The van der Waals surface area contributed by atoms with Crippen molar-refractivity contribution in [2.75, 3.05) is 0 Å². The Morgan fingerprint density at radius 1 is 0.478 bits per heavy atom. The Labute approximate surface area is 263 Å². The topological polar surface area (TPSA) is 82.5 Å². The first-order valence-electron chi connectivity index (χ1n) is 15.0. The summed E-state index contributed by atoms with van der Waals surface area (Å²) in [6.07, 6.45) is 6.97. The Balaban J connectivity index is 1.24. The van der Waals surface area contributed by atoms with Crippen molar-refractivity contribution in [3.05, 3.63) is 146 Å². The molecule has 9 aromatic rings. The zero-order valence-corrected chi connectivity index (χ0v) is 24.4. The van der Waals surface area contributed by atoms with Crippen LogP contribution in [0.2, 0.25) is 0 Å². The van der Waals surface area contributed by atoms with Gasteiger partial charge in [-0.05, 0) is 60.7 Å². The molecule has 0 atom stereocenters. The van der Waals surface area contributed by atoms with E-state index in [1.165, 1.54) is 0 Å². The van der Waals surface area contributed by atoms with Crippen LogP contribution in [0.5, 0.6) is 0 Å². The number of para-hydroxylation sites is 1. The van der Waals surface area contributed by atoms with Gasteiger partial charge in [0.25, 0.3) is 0 Å². The van der Waals surface area contributed by atoms with Gasteiger partial charge in [-0.25, -0.2) is 15.0 Å². The molecule has 0 unspecified atom stereocenters. The normalized spacial score (nSPS) is 11.5. The number of aromatic nitrogens is 6. The van der Waals surface area contributed by atoms with Gasteiger partial charge in [0.1, 0.15) is 11.3 Å². The lowest BCUT2D eigenvalue weighted by Crippen LogP contribution is -2.01. The van der Waals surface area contributed by atoms with Crippen molar-refractivity contribution in [3.8, 4) is 51.2 Å². The first-order chi connectivity index (χ1) is 22.8. The molecule has 7 heteroatoms. The fraction of sp³-hybridized carbons (Fsp3) is 0. The molecular weight excluding hydrogens is 568 g/mol. The number of benzene rings is 4. The molecule has 216 valence electrons. The lowest BCUT2D eigenvalue weighted by Gasteiger charge is -2.11. The lowest BCUT2D eigenvalue weighted by atomic mass is 10.1. The van der Waals surface area contributed by atoms with Crippen molar-refractivity contribution in [3.63, 3.8) is 0 Å². The summed E-state index contributed by atoms with van der Waals surface area (Å²) in [6, 6.07) is 41.1. The van der Waals surface area contributed by atoms with Gasteiger partial charge in [0, 0.05) is 63.5 Å². The van der Waals surface area contributed by atoms with Crippen LogP contribution < -0.4 is 0 Å². The van der Waals surface area contributed by atoms with Gasteiger partial charge in [0.05, 0.1) is 16.4 Å². The van der Waals surface area contributed by atoms with E-state index in [0.29, 0.717) is 17.5 Å². The van der Waals surface area contributed by atoms with Crippen LogP contribution in [0.25, 0.3) is 83.9 Å². The molecule has 46 heavy (non-hydrogen) atoms. The van der Waals surface area contributed by atoms with Crippen LogP contribution in [0.1, 0.15) is 0 Å². The maximum atomic E-state index is 6.58. The maximum absolute atomic E-state index is 6.58. The van der Waals surface area contributed by atoms with Crippen molar-refractivity contribution in [1.29, 1.82) is 0 Å². The molecule has 5 heterocycles. The highest BCUT2D eigenvalue weighted by molar-refractivity contribution is 6.20. The van der Waals surface area contributed by atoms with Gasteiger partial charge in [-0.1, -0.05) is 60.7 Å². The van der Waals surface area contributed by atoms with Crippen LogP contribution in [0, 0.1) is 0 Å². The quantitative estimate of drug-likeness (QED) is 0.198. The lowest BCUT2D eigenvalue weighted by molar-refractivity contribution is 0.635. The average Bonchev–Trinajstić information content (AvgIpc) is 3.72. The second kappa shape index (κ2) is 10.6. The minimum atomic E-state index is 0.580. The summed E-state index contributed by atoms with van der Waals surface area (Å²) >= 11 is 0. The molecule has 0 bridgehead atoms. The zero-order valence-electron chi connectivity index (χ0n) is 24.4. The highest BCUT2D eigenvalue weighted by Crippen LogP contribution is 2.40. The van der Waals surface area contributed by atoms with E-state index in [2.05, 4.69) is 81.3 Å². The molecule has 0 spiro atoms. The summed E-state index contributed by atoms with van der Waals surface area (Å²) in [7, 11) is 0. The molecule has 7 nitrogen and oxygen atoms in total. The predicted octanol–water partition coefficient (Wildman–Crippen LogP) is 9.17. The summed E-state index contributed by atoms with van der Waals surface area (Å²) in [6.45, 7) is 0. The third kappa shape index (κ3) is 4.33. The monoisotopic (exact) mass is 592 g/mol. The minimum absolute atomic E-state index is 0.580. The number of hydrogen-bond acceptors (Lipinski definition) is 6. The van der Waals surface area contributed by atoms with Crippen LogP contribution in [-0.2, 0) is 0 Å². The van der Waals surface area contributed by atoms with Gasteiger partial charge < -0.3 is 8.98 Å².